The van der Waals surface area contributed by atoms with E-state index in [1.54, 1.807) is 0 Å². The van der Waals surface area contributed by atoms with Crippen LogP contribution < -0.4 is 16.2 Å². The van der Waals surface area contributed by atoms with E-state index in [1.807, 2.05) is 0 Å². The molecule has 4 bridgehead atoms. The Morgan fingerprint density at radius 3 is 2.72 bits per heavy atom. The molecule has 4 rings (SSSR count). The fraction of sp³-hybridized carbons (Fsp3) is 1.00. The maximum absolute atomic E-state index is 6.31. The second-order valence-corrected chi connectivity index (χ2v) is 8.53. The van der Waals surface area contributed by atoms with Crippen LogP contribution >= 0.6 is 0 Å². The van der Waals surface area contributed by atoms with Gasteiger partial charge in [-0.3, -0.25) is 10.9 Å². The molecule has 4 aliphatic rings. The van der Waals surface area contributed by atoms with Crippen LogP contribution in [0.15, 0.2) is 0 Å². The van der Waals surface area contributed by atoms with Crippen LogP contribution in [-0.4, -0.2) is 63.3 Å². The van der Waals surface area contributed by atoms with Crippen molar-refractivity contribution in [2.75, 3.05) is 32.9 Å². The van der Waals surface area contributed by atoms with Crippen LogP contribution in [0.25, 0.3) is 0 Å². The van der Waals surface area contributed by atoms with Gasteiger partial charge in [-0.1, -0.05) is 0 Å². The van der Waals surface area contributed by atoms with Crippen molar-refractivity contribution in [3.05, 3.63) is 0 Å². The zero-order valence-electron chi connectivity index (χ0n) is 15.7. The van der Waals surface area contributed by atoms with Crippen molar-refractivity contribution >= 4 is 0 Å². The zero-order valence-corrected chi connectivity index (χ0v) is 15.7. The summed E-state index contributed by atoms with van der Waals surface area (Å²) in [6, 6.07) is 1.14. The highest BCUT2D eigenvalue weighted by molar-refractivity contribution is 5.00. The van der Waals surface area contributed by atoms with E-state index in [2.05, 4.69) is 30.0 Å². The molecule has 4 fully saturated rings. The van der Waals surface area contributed by atoms with Gasteiger partial charge >= 0.3 is 0 Å². The Hall–Kier alpha value is -0.240. The van der Waals surface area contributed by atoms with Gasteiger partial charge in [-0.05, 0) is 63.8 Å². The Labute approximate surface area is 151 Å². The lowest BCUT2D eigenvalue weighted by molar-refractivity contribution is -0.0782. The normalized spacial score (nSPS) is 49.2. The summed E-state index contributed by atoms with van der Waals surface area (Å²) in [5.41, 5.74) is 7.23. The van der Waals surface area contributed by atoms with Gasteiger partial charge in [-0.15, -0.1) is 0 Å². The first-order valence-electron chi connectivity index (χ1n) is 10.3. The Morgan fingerprint density at radius 1 is 0.920 bits per heavy atom. The fourth-order valence-electron chi connectivity index (χ4n) is 5.33. The number of hydrazine groups is 1. The van der Waals surface area contributed by atoms with E-state index in [1.165, 1.54) is 12.8 Å². The number of ether oxygens (including phenoxy) is 3. The third-order valence-electron chi connectivity index (χ3n) is 6.72. The van der Waals surface area contributed by atoms with Gasteiger partial charge in [0.1, 0.15) is 0 Å². The molecule has 3 N–H and O–H groups in total. The van der Waals surface area contributed by atoms with Gasteiger partial charge < -0.3 is 19.5 Å². The summed E-state index contributed by atoms with van der Waals surface area (Å²) in [5.74, 6) is 1.91. The summed E-state index contributed by atoms with van der Waals surface area (Å²) in [6.45, 7) is 8.52. The van der Waals surface area contributed by atoms with E-state index in [0.29, 0.717) is 55.8 Å². The van der Waals surface area contributed by atoms with E-state index >= 15 is 0 Å². The first kappa shape index (κ1) is 18.1. The predicted molar refractivity (Wildman–Crippen MR) is 96.2 cm³/mol. The molecule has 3 aliphatic heterocycles. The molecule has 1 saturated carbocycles. The Bertz CT molecular complexity index is 438. The van der Waals surface area contributed by atoms with Gasteiger partial charge in [0.2, 0.25) is 0 Å². The first-order valence-corrected chi connectivity index (χ1v) is 10.3. The lowest BCUT2D eigenvalue weighted by Crippen LogP contribution is -2.50. The molecule has 6 unspecified atom stereocenters. The minimum Gasteiger partial charge on any atom is -0.376 e. The molecule has 6 nitrogen and oxygen atoms in total. The van der Waals surface area contributed by atoms with Gasteiger partial charge in [-0.25, -0.2) is 0 Å². The number of nitrogens with one attached hydrogen (secondary N) is 3. The molecular weight excluding hydrogens is 318 g/mol. The number of fused-ring (bicyclic) bond motifs is 4. The molecular formula is C19H35N3O3. The van der Waals surface area contributed by atoms with E-state index in [9.17, 15) is 0 Å². The van der Waals surface area contributed by atoms with Crippen LogP contribution in [0.4, 0.5) is 0 Å². The molecule has 1 aliphatic carbocycles. The van der Waals surface area contributed by atoms with E-state index in [4.69, 9.17) is 14.2 Å². The molecule has 0 aromatic heterocycles. The minimum atomic E-state index is 0.158. The van der Waals surface area contributed by atoms with Gasteiger partial charge in [0, 0.05) is 18.6 Å². The molecule has 8 atom stereocenters. The van der Waals surface area contributed by atoms with Gasteiger partial charge in [0.05, 0.1) is 38.1 Å². The van der Waals surface area contributed by atoms with E-state index in [0.717, 1.165) is 25.9 Å². The SMILES string of the molecule is C[C@H]1COCCO[C@H](C)C2CNCC(C2)C2NNC3CCC(CC32)O1. The van der Waals surface area contributed by atoms with Crippen LogP contribution in [0.5, 0.6) is 0 Å². The third kappa shape index (κ3) is 4.20. The maximum atomic E-state index is 6.31. The highest BCUT2D eigenvalue weighted by Crippen LogP contribution is 2.37. The molecule has 25 heavy (non-hydrogen) atoms. The van der Waals surface area contributed by atoms with Gasteiger partial charge in [-0.2, -0.15) is 0 Å². The summed E-state index contributed by atoms with van der Waals surface area (Å²) >= 11 is 0. The van der Waals surface area contributed by atoms with Crippen LogP contribution in [0, 0.1) is 17.8 Å². The van der Waals surface area contributed by atoms with Crippen molar-refractivity contribution in [2.45, 2.75) is 69.9 Å². The average molecular weight is 354 g/mol. The Balaban J connectivity index is 1.49. The highest BCUT2D eigenvalue weighted by atomic mass is 16.6. The molecule has 144 valence electrons. The summed E-state index contributed by atoms with van der Waals surface area (Å²) in [7, 11) is 0. The van der Waals surface area contributed by atoms with Crippen LogP contribution in [0.3, 0.4) is 0 Å². The quantitative estimate of drug-likeness (QED) is 0.605. The average Bonchev–Trinajstić information content (AvgIpc) is 3.04. The summed E-state index contributed by atoms with van der Waals surface area (Å²) in [6.07, 6.45) is 5.56. The second-order valence-electron chi connectivity index (χ2n) is 8.53. The Morgan fingerprint density at radius 2 is 1.80 bits per heavy atom. The maximum Gasteiger partial charge on any atom is 0.0784 e. The van der Waals surface area contributed by atoms with Crippen molar-refractivity contribution < 1.29 is 14.2 Å². The standard InChI is InChI=1S/C19H35N3O3/c1-12-11-23-5-6-24-13(2)14-7-15(10-20-9-14)19-17-8-16(25-12)3-4-18(17)21-22-19/h12-22H,3-11H2,1-2H3/t12-,13+,14?,15?,16?,17?,18?,19?/m0/s1. The number of rotatable bonds is 0. The first-order chi connectivity index (χ1) is 12.2. The van der Waals surface area contributed by atoms with Crippen molar-refractivity contribution in [1.29, 1.82) is 0 Å². The van der Waals surface area contributed by atoms with E-state index < -0.39 is 0 Å². The van der Waals surface area contributed by atoms with Crippen molar-refractivity contribution in [3.63, 3.8) is 0 Å². The van der Waals surface area contributed by atoms with Crippen molar-refractivity contribution in [3.8, 4) is 0 Å². The van der Waals surface area contributed by atoms with Crippen LogP contribution in [0.1, 0.15) is 39.5 Å². The van der Waals surface area contributed by atoms with Crippen molar-refractivity contribution in [1.82, 2.24) is 16.2 Å². The summed E-state index contributed by atoms with van der Waals surface area (Å²) in [5, 5.41) is 3.66. The van der Waals surface area contributed by atoms with Crippen LogP contribution in [0.2, 0.25) is 0 Å². The molecule has 0 radical (unpaired) electrons. The molecule has 0 aromatic rings. The monoisotopic (exact) mass is 353 g/mol. The largest absolute Gasteiger partial charge is 0.376 e. The topological polar surface area (TPSA) is 63.8 Å². The number of hydrogen-bond donors (Lipinski definition) is 3. The lowest BCUT2D eigenvalue weighted by Gasteiger charge is -2.40. The summed E-state index contributed by atoms with van der Waals surface area (Å²) < 4.78 is 18.1. The van der Waals surface area contributed by atoms with Gasteiger partial charge in [0.15, 0.2) is 0 Å². The van der Waals surface area contributed by atoms with Crippen molar-refractivity contribution in [2.24, 2.45) is 17.8 Å². The highest BCUT2D eigenvalue weighted by Gasteiger charge is 2.45. The molecule has 0 spiro atoms. The summed E-state index contributed by atoms with van der Waals surface area (Å²) in [4.78, 5) is 0. The molecule has 6 heteroatoms. The fourth-order valence-corrected chi connectivity index (χ4v) is 5.33. The zero-order chi connectivity index (χ0) is 17.2. The second kappa shape index (κ2) is 8.19. The number of hydrogen-bond acceptors (Lipinski definition) is 6. The van der Waals surface area contributed by atoms with E-state index in [-0.39, 0.29) is 12.2 Å². The van der Waals surface area contributed by atoms with Gasteiger partial charge in [0.25, 0.3) is 0 Å². The molecule has 0 amide bonds. The van der Waals surface area contributed by atoms with Crippen LogP contribution in [-0.2, 0) is 14.2 Å². The molecule has 3 heterocycles. The smallest absolute Gasteiger partial charge is 0.0784 e. The number of piperidine rings is 1. The third-order valence-corrected chi connectivity index (χ3v) is 6.72. The predicted octanol–water partition coefficient (Wildman–Crippen LogP) is 1.07. The lowest BCUT2D eigenvalue weighted by atomic mass is 9.73. The minimum absolute atomic E-state index is 0.158. The molecule has 0 aromatic carbocycles. The molecule has 3 saturated heterocycles. The Kier molecular flexibility index (Phi) is 5.94.